The molecule has 2 atom stereocenters. The Bertz CT molecular complexity index is 617. The van der Waals surface area contributed by atoms with Gasteiger partial charge in [0.25, 0.3) is 0 Å². The van der Waals surface area contributed by atoms with Gasteiger partial charge in [-0.15, -0.1) is 0 Å². The standard InChI is InChI=1S/C17H19FN2O/c1-19-15(17-14(18)6-4-9-20-17)11-12-8-10-21-16-7-3-2-5-13(12)16/h2-7,9,12,15,19H,8,10-11H2,1H3. The summed E-state index contributed by atoms with van der Waals surface area (Å²) in [5.41, 5.74) is 1.70. The van der Waals surface area contributed by atoms with Crippen LogP contribution in [0.15, 0.2) is 42.6 Å². The molecule has 2 aromatic rings. The molecule has 0 bridgehead atoms. The molecular formula is C17H19FN2O. The van der Waals surface area contributed by atoms with Gasteiger partial charge in [0.15, 0.2) is 0 Å². The summed E-state index contributed by atoms with van der Waals surface area (Å²) in [6, 6.07) is 11.1. The summed E-state index contributed by atoms with van der Waals surface area (Å²) >= 11 is 0. The van der Waals surface area contributed by atoms with Gasteiger partial charge in [-0.2, -0.15) is 0 Å². The van der Waals surface area contributed by atoms with Gasteiger partial charge in [-0.1, -0.05) is 18.2 Å². The molecule has 3 rings (SSSR count). The molecule has 0 spiro atoms. The number of aromatic nitrogens is 1. The van der Waals surface area contributed by atoms with Gasteiger partial charge in [0.1, 0.15) is 11.6 Å². The molecule has 4 heteroatoms. The van der Waals surface area contributed by atoms with Crippen molar-refractivity contribution in [3.63, 3.8) is 0 Å². The minimum atomic E-state index is -0.253. The van der Waals surface area contributed by atoms with Crippen molar-refractivity contribution >= 4 is 0 Å². The number of pyridine rings is 1. The van der Waals surface area contributed by atoms with Crippen LogP contribution in [0.5, 0.6) is 5.75 Å². The van der Waals surface area contributed by atoms with Crippen LogP contribution in [0.2, 0.25) is 0 Å². The predicted octanol–water partition coefficient (Wildman–Crippen LogP) is 3.44. The van der Waals surface area contributed by atoms with Crippen LogP contribution in [0.4, 0.5) is 4.39 Å². The molecule has 110 valence electrons. The summed E-state index contributed by atoms with van der Waals surface area (Å²) < 4.78 is 19.6. The first-order valence-electron chi connectivity index (χ1n) is 7.29. The van der Waals surface area contributed by atoms with Gasteiger partial charge in [0.05, 0.1) is 18.3 Å². The highest BCUT2D eigenvalue weighted by molar-refractivity contribution is 5.38. The van der Waals surface area contributed by atoms with E-state index in [0.29, 0.717) is 18.2 Å². The summed E-state index contributed by atoms with van der Waals surface area (Å²) in [7, 11) is 1.85. The maximum Gasteiger partial charge on any atom is 0.146 e. The Hall–Kier alpha value is -1.94. The third kappa shape index (κ3) is 2.90. The monoisotopic (exact) mass is 286 g/mol. The molecule has 3 nitrogen and oxygen atoms in total. The van der Waals surface area contributed by atoms with E-state index < -0.39 is 0 Å². The smallest absolute Gasteiger partial charge is 0.146 e. The number of ether oxygens (including phenoxy) is 1. The molecule has 1 aliphatic heterocycles. The predicted molar refractivity (Wildman–Crippen MR) is 79.9 cm³/mol. The van der Waals surface area contributed by atoms with Crippen molar-refractivity contribution in [2.75, 3.05) is 13.7 Å². The van der Waals surface area contributed by atoms with E-state index in [2.05, 4.69) is 16.4 Å². The van der Waals surface area contributed by atoms with Gasteiger partial charge >= 0.3 is 0 Å². The second-order valence-electron chi connectivity index (χ2n) is 5.32. The van der Waals surface area contributed by atoms with Crippen molar-refractivity contribution in [1.29, 1.82) is 0 Å². The van der Waals surface area contributed by atoms with Gasteiger partial charge in [-0.3, -0.25) is 4.98 Å². The molecule has 0 amide bonds. The van der Waals surface area contributed by atoms with Crippen LogP contribution in [0.25, 0.3) is 0 Å². The zero-order valence-corrected chi connectivity index (χ0v) is 12.1. The summed E-state index contributed by atoms with van der Waals surface area (Å²) in [4.78, 5) is 4.20. The van der Waals surface area contributed by atoms with E-state index in [4.69, 9.17) is 4.74 Å². The van der Waals surface area contributed by atoms with Crippen LogP contribution >= 0.6 is 0 Å². The zero-order valence-electron chi connectivity index (χ0n) is 12.1. The Balaban J connectivity index is 1.84. The number of para-hydroxylation sites is 1. The molecule has 21 heavy (non-hydrogen) atoms. The van der Waals surface area contributed by atoms with E-state index >= 15 is 0 Å². The van der Waals surface area contributed by atoms with Gasteiger partial charge in [0, 0.05) is 6.20 Å². The molecule has 2 heterocycles. The number of rotatable bonds is 4. The van der Waals surface area contributed by atoms with Crippen LogP contribution < -0.4 is 10.1 Å². The Morgan fingerprint density at radius 2 is 2.19 bits per heavy atom. The lowest BCUT2D eigenvalue weighted by Gasteiger charge is -2.29. The second kappa shape index (κ2) is 6.22. The summed E-state index contributed by atoms with van der Waals surface area (Å²) in [5.74, 6) is 1.05. The first-order chi connectivity index (χ1) is 10.3. The fraction of sp³-hybridized carbons (Fsp3) is 0.353. The minimum absolute atomic E-state index is 0.0950. The van der Waals surface area contributed by atoms with Gasteiger partial charge < -0.3 is 10.1 Å². The molecule has 1 aromatic heterocycles. The van der Waals surface area contributed by atoms with Crippen molar-refractivity contribution in [2.45, 2.75) is 24.8 Å². The van der Waals surface area contributed by atoms with Crippen molar-refractivity contribution in [3.05, 3.63) is 59.7 Å². The maximum atomic E-state index is 13.9. The molecule has 0 saturated heterocycles. The number of halogens is 1. The fourth-order valence-electron chi connectivity index (χ4n) is 2.97. The minimum Gasteiger partial charge on any atom is -0.493 e. The van der Waals surface area contributed by atoms with Gasteiger partial charge in [0.2, 0.25) is 0 Å². The molecule has 0 radical (unpaired) electrons. The Kier molecular flexibility index (Phi) is 4.15. The van der Waals surface area contributed by atoms with Crippen LogP contribution in [0.1, 0.15) is 36.1 Å². The van der Waals surface area contributed by atoms with E-state index in [1.54, 1.807) is 12.3 Å². The number of nitrogens with zero attached hydrogens (tertiary/aromatic N) is 1. The molecule has 1 aromatic carbocycles. The highest BCUT2D eigenvalue weighted by atomic mass is 19.1. The van der Waals surface area contributed by atoms with Crippen molar-refractivity contribution < 1.29 is 9.13 Å². The SMILES string of the molecule is CNC(CC1CCOc2ccccc21)c1ncccc1F. The molecule has 2 unspecified atom stereocenters. The summed E-state index contributed by atoms with van der Waals surface area (Å²) in [5, 5.41) is 3.19. The normalized spacial score (nSPS) is 18.7. The lowest BCUT2D eigenvalue weighted by atomic mass is 9.86. The Labute approximate surface area is 124 Å². The van der Waals surface area contributed by atoms with E-state index in [1.165, 1.54) is 11.6 Å². The lowest BCUT2D eigenvalue weighted by molar-refractivity contribution is 0.255. The van der Waals surface area contributed by atoms with Crippen LogP contribution in [-0.4, -0.2) is 18.6 Å². The fourth-order valence-corrected chi connectivity index (χ4v) is 2.97. The Morgan fingerprint density at radius 1 is 1.33 bits per heavy atom. The largest absolute Gasteiger partial charge is 0.493 e. The highest BCUT2D eigenvalue weighted by Crippen LogP contribution is 2.38. The Morgan fingerprint density at radius 3 is 3.00 bits per heavy atom. The average molecular weight is 286 g/mol. The zero-order chi connectivity index (χ0) is 14.7. The maximum absolute atomic E-state index is 13.9. The highest BCUT2D eigenvalue weighted by Gasteiger charge is 2.26. The third-order valence-corrected chi connectivity index (χ3v) is 4.07. The van der Waals surface area contributed by atoms with E-state index in [0.717, 1.165) is 18.6 Å². The van der Waals surface area contributed by atoms with Gasteiger partial charge in [-0.25, -0.2) is 4.39 Å². The molecular weight excluding hydrogens is 267 g/mol. The first kappa shape index (κ1) is 14.0. The average Bonchev–Trinajstić information content (AvgIpc) is 2.53. The van der Waals surface area contributed by atoms with Crippen LogP contribution in [0, 0.1) is 5.82 Å². The third-order valence-electron chi connectivity index (χ3n) is 4.07. The van der Waals surface area contributed by atoms with Gasteiger partial charge in [-0.05, 0) is 49.6 Å². The van der Waals surface area contributed by atoms with Crippen molar-refractivity contribution in [1.82, 2.24) is 10.3 Å². The molecule has 0 fully saturated rings. The number of nitrogens with one attached hydrogen (secondary N) is 1. The first-order valence-corrected chi connectivity index (χ1v) is 7.29. The van der Waals surface area contributed by atoms with Crippen molar-refractivity contribution in [2.24, 2.45) is 0 Å². The van der Waals surface area contributed by atoms with E-state index in [9.17, 15) is 4.39 Å². The van der Waals surface area contributed by atoms with E-state index in [-0.39, 0.29) is 11.9 Å². The molecule has 0 saturated carbocycles. The topological polar surface area (TPSA) is 34.1 Å². The summed E-state index contributed by atoms with van der Waals surface area (Å²) in [6.45, 7) is 0.711. The number of fused-ring (bicyclic) bond motifs is 1. The van der Waals surface area contributed by atoms with Crippen molar-refractivity contribution in [3.8, 4) is 5.75 Å². The van der Waals surface area contributed by atoms with Crippen LogP contribution in [-0.2, 0) is 0 Å². The van der Waals surface area contributed by atoms with Crippen LogP contribution in [0.3, 0.4) is 0 Å². The quantitative estimate of drug-likeness (QED) is 0.935. The molecule has 1 N–H and O–H groups in total. The second-order valence-corrected chi connectivity index (χ2v) is 5.32. The molecule has 1 aliphatic rings. The number of hydrogen-bond acceptors (Lipinski definition) is 3. The number of hydrogen-bond donors (Lipinski definition) is 1. The number of benzene rings is 1. The molecule has 0 aliphatic carbocycles. The van der Waals surface area contributed by atoms with E-state index in [1.807, 2.05) is 25.2 Å². The lowest BCUT2D eigenvalue weighted by Crippen LogP contribution is -2.24. The summed E-state index contributed by atoms with van der Waals surface area (Å²) in [6.07, 6.45) is 3.40.